The highest BCUT2D eigenvalue weighted by Crippen LogP contribution is 2.13. The molecule has 126 valence electrons. The maximum atomic E-state index is 8.91. The summed E-state index contributed by atoms with van der Waals surface area (Å²) in [5, 5.41) is 12.3. The van der Waals surface area contributed by atoms with Crippen molar-refractivity contribution < 1.29 is 4.74 Å². The number of nitrogens with zero attached hydrogens (tertiary/aromatic N) is 3. The number of hydrogen-bond donors (Lipinski definition) is 1. The molecule has 1 saturated heterocycles. The summed E-state index contributed by atoms with van der Waals surface area (Å²) < 4.78 is 5.36. The van der Waals surface area contributed by atoms with E-state index in [1.165, 1.54) is 0 Å². The molecule has 3 rings (SSSR count). The molecule has 6 heteroatoms. The highest BCUT2D eigenvalue weighted by atomic mass is 35.5. The van der Waals surface area contributed by atoms with Crippen molar-refractivity contribution >= 4 is 18.2 Å². The lowest BCUT2D eigenvalue weighted by Gasteiger charge is -2.27. The Morgan fingerprint density at radius 1 is 1.12 bits per heavy atom. The first-order valence-corrected chi connectivity index (χ1v) is 7.82. The number of hydrogen-bond acceptors (Lipinski definition) is 5. The molecule has 0 unspecified atom stereocenters. The summed E-state index contributed by atoms with van der Waals surface area (Å²) >= 11 is 0. The van der Waals surface area contributed by atoms with Crippen LogP contribution in [0.4, 0.5) is 5.82 Å². The van der Waals surface area contributed by atoms with E-state index >= 15 is 0 Å². The molecule has 2 heterocycles. The third-order valence-electron chi connectivity index (χ3n) is 3.86. The Hall–Kier alpha value is -2.13. The van der Waals surface area contributed by atoms with Crippen LogP contribution in [0.15, 0.2) is 42.6 Å². The van der Waals surface area contributed by atoms with Crippen molar-refractivity contribution in [3.05, 3.63) is 59.3 Å². The Morgan fingerprint density at radius 3 is 2.62 bits per heavy atom. The van der Waals surface area contributed by atoms with Gasteiger partial charge in [0.25, 0.3) is 0 Å². The largest absolute Gasteiger partial charge is 0.378 e. The van der Waals surface area contributed by atoms with E-state index in [4.69, 9.17) is 10.00 Å². The average Bonchev–Trinajstić information content (AvgIpc) is 2.63. The molecule has 1 fully saturated rings. The molecular formula is C18H21ClN4O. The average molecular weight is 345 g/mol. The van der Waals surface area contributed by atoms with Gasteiger partial charge in [0.2, 0.25) is 0 Å². The first-order valence-electron chi connectivity index (χ1n) is 7.82. The van der Waals surface area contributed by atoms with Crippen molar-refractivity contribution in [2.75, 3.05) is 31.2 Å². The number of anilines is 1. The number of nitrogens with one attached hydrogen (secondary N) is 1. The Balaban J connectivity index is 0.00000208. The summed E-state index contributed by atoms with van der Waals surface area (Å²) in [5.74, 6) is 1.01. The number of rotatable bonds is 5. The highest BCUT2D eigenvalue weighted by Gasteiger charge is 2.11. The van der Waals surface area contributed by atoms with Gasteiger partial charge in [-0.15, -0.1) is 12.4 Å². The summed E-state index contributed by atoms with van der Waals surface area (Å²) in [4.78, 5) is 6.79. The molecule has 2 aromatic rings. The zero-order chi connectivity index (χ0) is 15.9. The van der Waals surface area contributed by atoms with Crippen LogP contribution in [0.2, 0.25) is 0 Å². The van der Waals surface area contributed by atoms with E-state index in [1.54, 1.807) is 0 Å². The summed E-state index contributed by atoms with van der Waals surface area (Å²) in [7, 11) is 0. The van der Waals surface area contributed by atoms with Gasteiger partial charge >= 0.3 is 0 Å². The zero-order valence-corrected chi connectivity index (χ0v) is 14.3. The van der Waals surface area contributed by atoms with E-state index < -0.39 is 0 Å². The number of ether oxygens (including phenoxy) is 1. The predicted octanol–water partition coefficient (Wildman–Crippen LogP) is 2.50. The Labute approximate surface area is 148 Å². The molecule has 0 amide bonds. The number of pyridine rings is 1. The molecule has 0 bridgehead atoms. The van der Waals surface area contributed by atoms with Crippen LogP contribution in [0, 0.1) is 11.3 Å². The molecule has 1 aromatic heterocycles. The monoisotopic (exact) mass is 344 g/mol. The third-order valence-corrected chi connectivity index (χ3v) is 3.86. The maximum Gasteiger partial charge on any atom is 0.128 e. The standard InChI is InChI=1S/C18H20N4O.ClH/c19-11-15-2-1-3-16(10-15)12-20-13-17-4-5-18(21-14-17)22-6-8-23-9-7-22;/h1-5,10,14,20H,6-9,12-13H2;1H. The molecule has 1 aliphatic rings. The van der Waals surface area contributed by atoms with Crippen molar-refractivity contribution in [2.24, 2.45) is 0 Å². The van der Waals surface area contributed by atoms with Gasteiger partial charge in [0.15, 0.2) is 0 Å². The fraction of sp³-hybridized carbons (Fsp3) is 0.333. The number of halogens is 1. The van der Waals surface area contributed by atoms with Crippen LogP contribution in [0.25, 0.3) is 0 Å². The minimum atomic E-state index is 0. The first-order chi connectivity index (χ1) is 11.3. The Bertz CT molecular complexity index is 678. The van der Waals surface area contributed by atoms with Gasteiger partial charge in [-0.2, -0.15) is 5.26 Å². The van der Waals surface area contributed by atoms with Gasteiger partial charge in [0, 0.05) is 32.4 Å². The van der Waals surface area contributed by atoms with E-state index in [1.807, 2.05) is 30.5 Å². The summed E-state index contributed by atoms with van der Waals surface area (Å²) in [6, 6.07) is 14.0. The lowest BCUT2D eigenvalue weighted by atomic mass is 10.1. The molecule has 24 heavy (non-hydrogen) atoms. The van der Waals surface area contributed by atoms with Gasteiger partial charge in [0.1, 0.15) is 5.82 Å². The van der Waals surface area contributed by atoms with Crippen LogP contribution in [0.3, 0.4) is 0 Å². The smallest absolute Gasteiger partial charge is 0.128 e. The van der Waals surface area contributed by atoms with Crippen molar-refractivity contribution in [3.8, 4) is 6.07 Å². The van der Waals surface area contributed by atoms with Crippen LogP contribution in [-0.4, -0.2) is 31.3 Å². The number of nitriles is 1. The third kappa shape index (κ3) is 4.93. The normalized spacial score (nSPS) is 13.9. The van der Waals surface area contributed by atoms with E-state index in [0.717, 1.165) is 56.3 Å². The fourth-order valence-corrected chi connectivity index (χ4v) is 2.60. The maximum absolute atomic E-state index is 8.91. The van der Waals surface area contributed by atoms with Crippen LogP contribution >= 0.6 is 12.4 Å². The van der Waals surface area contributed by atoms with Crippen LogP contribution in [0.5, 0.6) is 0 Å². The molecule has 1 N–H and O–H groups in total. The molecule has 0 atom stereocenters. The lowest BCUT2D eigenvalue weighted by Crippen LogP contribution is -2.36. The summed E-state index contributed by atoms with van der Waals surface area (Å²) in [6.07, 6.45) is 1.92. The van der Waals surface area contributed by atoms with Crippen LogP contribution in [-0.2, 0) is 17.8 Å². The van der Waals surface area contributed by atoms with Gasteiger partial charge in [-0.3, -0.25) is 0 Å². The van der Waals surface area contributed by atoms with Crippen LogP contribution in [0.1, 0.15) is 16.7 Å². The Kier molecular flexibility index (Phi) is 7.01. The first kappa shape index (κ1) is 18.2. The SMILES string of the molecule is Cl.N#Cc1cccc(CNCc2ccc(N3CCOCC3)nc2)c1. The fourth-order valence-electron chi connectivity index (χ4n) is 2.60. The van der Waals surface area contributed by atoms with E-state index in [-0.39, 0.29) is 12.4 Å². The minimum absolute atomic E-state index is 0. The van der Waals surface area contributed by atoms with Gasteiger partial charge in [-0.1, -0.05) is 18.2 Å². The van der Waals surface area contributed by atoms with Gasteiger partial charge < -0.3 is 15.0 Å². The molecule has 5 nitrogen and oxygen atoms in total. The van der Waals surface area contributed by atoms with E-state index in [0.29, 0.717) is 5.56 Å². The van der Waals surface area contributed by atoms with E-state index in [9.17, 15) is 0 Å². The van der Waals surface area contributed by atoms with Crippen molar-refractivity contribution in [2.45, 2.75) is 13.1 Å². The molecule has 0 radical (unpaired) electrons. The second kappa shape index (κ2) is 9.24. The van der Waals surface area contributed by atoms with E-state index in [2.05, 4.69) is 33.4 Å². The van der Waals surface area contributed by atoms with Crippen molar-refractivity contribution in [1.82, 2.24) is 10.3 Å². The molecule has 1 aromatic carbocycles. The molecule has 0 saturated carbocycles. The van der Waals surface area contributed by atoms with Crippen molar-refractivity contribution in [1.29, 1.82) is 5.26 Å². The number of benzene rings is 1. The topological polar surface area (TPSA) is 61.2 Å². The second-order valence-corrected chi connectivity index (χ2v) is 5.54. The summed E-state index contributed by atoms with van der Waals surface area (Å²) in [5.41, 5.74) is 2.96. The zero-order valence-electron chi connectivity index (χ0n) is 13.4. The Morgan fingerprint density at radius 2 is 1.92 bits per heavy atom. The van der Waals surface area contributed by atoms with Gasteiger partial charge in [-0.05, 0) is 29.3 Å². The highest BCUT2D eigenvalue weighted by molar-refractivity contribution is 5.85. The number of aromatic nitrogens is 1. The molecule has 1 aliphatic heterocycles. The molecular weight excluding hydrogens is 324 g/mol. The van der Waals surface area contributed by atoms with Gasteiger partial charge in [-0.25, -0.2) is 4.98 Å². The minimum Gasteiger partial charge on any atom is -0.378 e. The summed E-state index contributed by atoms with van der Waals surface area (Å²) in [6.45, 7) is 4.84. The van der Waals surface area contributed by atoms with Gasteiger partial charge in [0.05, 0.1) is 24.8 Å². The quantitative estimate of drug-likeness (QED) is 0.903. The second-order valence-electron chi connectivity index (χ2n) is 5.54. The number of morpholine rings is 1. The molecule has 0 aliphatic carbocycles. The lowest BCUT2D eigenvalue weighted by molar-refractivity contribution is 0.122. The van der Waals surface area contributed by atoms with Crippen LogP contribution < -0.4 is 10.2 Å². The molecule has 0 spiro atoms. The predicted molar refractivity (Wildman–Crippen MR) is 96.2 cm³/mol. The van der Waals surface area contributed by atoms with Crippen molar-refractivity contribution in [3.63, 3.8) is 0 Å².